The van der Waals surface area contributed by atoms with Crippen LogP contribution in [0, 0.1) is 0 Å². The molecule has 0 aliphatic heterocycles. The van der Waals surface area contributed by atoms with Gasteiger partial charge in [-0.3, -0.25) is 4.79 Å². The lowest BCUT2D eigenvalue weighted by Gasteiger charge is -2.17. The molecular formula is C20H17NO3S. The number of amides is 1. The van der Waals surface area contributed by atoms with E-state index < -0.39 is 5.97 Å². The van der Waals surface area contributed by atoms with Gasteiger partial charge in [-0.05, 0) is 23.8 Å². The van der Waals surface area contributed by atoms with Crippen LogP contribution in [0.15, 0.2) is 66.7 Å². The largest absolute Gasteiger partial charge is 0.465 e. The summed E-state index contributed by atoms with van der Waals surface area (Å²) in [6.07, 6.45) is 0. The molecule has 0 spiro atoms. The number of esters is 1. The molecule has 126 valence electrons. The zero-order chi connectivity index (χ0) is 17.8. The maximum atomic E-state index is 12.7. The third-order valence-corrected chi connectivity index (χ3v) is 4.98. The molecule has 0 fully saturated rings. The van der Waals surface area contributed by atoms with Gasteiger partial charge in [0, 0.05) is 17.5 Å². The van der Waals surface area contributed by atoms with Crippen LogP contribution >= 0.6 is 11.3 Å². The Kier molecular flexibility index (Phi) is 4.95. The molecule has 3 aromatic rings. The van der Waals surface area contributed by atoms with Crippen LogP contribution in [0.25, 0.3) is 10.4 Å². The van der Waals surface area contributed by atoms with Crippen molar-refractivity contribution in [3.8, 4) is 10.4 Å². The van der Waals surface area contributed by atoms with Gasteiger partial charge in [-0.2, -0.15) is 0 Å². The first-order valence-electron chi connectivity index (χ1n) is 7.72. The minimum atomic E-state index is -0.449. The Morgan fingerprint density at radius 2 is 1.56 bits per heavy atom. The summed E-state index contributed by atoms with van der Waals surface area (Å²) < 4.78 is 4.90. The first-order valence-corrected chi connectivity index (χ1v) is 8.54. The van der Waals surface area contributed by atoms with Crippen molar-refractivity contribution < 1.29 is 14.3 Å². The van der Waals surface area contributed by atoms with Crippen LogP contribution in [0.4, 0.5) is 5.69 Å². The van der Waals surface area contributed by atoms with Crippen molar-refractivity contribution >= 4 is 28.9 Å². The lowest BCUT2D eigenvalue weighted by molar-refractivity contribution is 0.0607. The predicted molar refractivity (Wildman–Crippen MR) is 100 cm³/mol. The van der Waals surface area contributed by atoms with Gasteiger partial charge in [0.15, 0.2) is 0 Å². The Hall–Kier alpha value is -2.92. The molecule has 0 aliphatic carbocycles. The molecule has 1 aromatic heterocycles. The van der Waals surface area contributed by atoms with E-state index in [4.69, 9.17) is 4.74 Å². The average Bonchev–Trinajstić information content (AvgIpc) is 3.13. The second kappa shape index (κ2) is 7.32. The molecule has 0 radical (unpaired) electrons. The standard InChI is InChI=1S/C20H17NO3S/c1-21(19(22)15-11-7-4-8-12-15)16-13-17(14-9-5-3-6-10-14)25-18(16)20(23)24-2/h3-13H,1-2H3. The van der Waals surface area contributed by atoms with Crippen LogP contribution in [-0.4, -0.2) is 26.0 Å². The Bertz CT molecular complexity index is 888. The highest BCUT2D eigenvalue weighted by Gasteiger charge is 2.24. The molecule has 3 rings (SSSR count). The minimum Gasteiger partial charge on any atom is -0.465 e. The van der Waals surface area contributed by atoms with Crippen LogP contribution in [0.1, 0.15) is 20.0 Å². The molecule has 0 aliphatic rings. The number of anilines is 1. The lowest BCUT2D eigenvalue weighted by atomic mass is 10.1. The highest BCUT2D eigenvalue weighted by molar-refractivity contribution is 7.18. The summed E-state index contributed by atoms with van der Waals surface area (Å²) in [6, 6.07) is 20.6. The Balaban J connectivity index is 2.03. The molecule has 1 heterocycles. The molecule has 0 N–H and O–H groups in total. The molecule has 0 bridgehead atoms. The van der Waals surface area contributed by atoms with Crippen LogP contribution in [0.3, 0.4) is 0 Å². The van der Waals surface area contributed by atoms with Gasteiger partial charge in [0.1, 0.15) is 4.88 Å². The van der Waals surface area contributed by atoms with Gasteiger partial charge >= 0.3 is 5.97 Å². The SMILES string of the molecule is COC(=O)c1sc(-c2ccccc2)cc1N(C)C(=O)c1ccccc1. The van der Waals surface area contributed by atoms with Crippen LogP contribution in [0.5, 0.6) is 0 Å². The molecule has 5 heteroatoms. The summed E-state index contributed by atoms with van der Waals surface area (Å²) in [5, 5.41) is 0. The van der Waals surface area contributed by atoms with Crippen molar-refractivity contribution in [2.75, 3.05) is 19.1 Å². The van der Waals surface area contributed by atoms with Gasteiger partial charge in [-0.1, -0.05) is 48.5 Å². The van der Waals surface area contributed by atoms with Crippen molar-refractivity contribution in [3.63, 3.8) is 0 Å². The van der Waals surface area contributed by atoms with Crippen LogP contribution in [0.2, 0.25) is 0 Å². The molecule has 0 unspecified atom stereocenters. The molecule has 2 aromatic carbocycles. The third-order valence-electron chi connectivity index (χ3n) is 3.83. The van der Waals surface area contributed by atoms with Crippen molar-refractivity contribution in [2.24, 2.45) is 0 Å². The summed E-state index contributed by atoms with van der Waals surface area (Å²) >= 11 is 1.32. The fourth-order valence-corrected chi connectivity index (χ4v) is 3.61. The number of hydrogen-bond acceptors (Lipinski definition) is 4. The van der Waals surface area contributed by atoms with Gasteiger partial charge in [-0.15, -0.1) is 11.3 Å². The molecule has 0 saturated carbocycles. The van der Waals surface area contributed by atoms with E-state index in [0.29, 0.717) is 16.1 Å². The summed E-state index contributed by atoms with van der Waals surface area (Å²) in [7, 11) is 3.01. The van der Waals surface area contributed by atoms with Crippen molar-refractivity contribution in [1.29, 1.82) is 0 Å². The normalized spacial score (nSPS) is 10.3. The molecular weight excluding hydrogens is 334 g/mol. The Labute approximate surface area is 150 Å². The number of thiophene rings is 1. The molecule has 1 amide bonds. The number of ether oxygens (including phenoxy) is 1. The van der Waals surface area contributed by atoms with Gasteiger partial charge in [-0.25, -0.2) is 4.79 Å². The second-order valence-electron chi connectivity index (χ2n) is 5.41. The van der Waals surface area contributed by atoms with E-state index in [1.165, 1.54) is 23.3 Å². The van der Waals surface area contributed by atoms with Gasteiger partial charge < -0.3 is 9.64 Å². The number of carbonyl (C=O) groups excluding carboxylic acids is 2. The highest BCUT2D eigenvalue weighted by Crippen LogP contribution is 2.37. The Morgan fingerprint density at radius 3 is 2.16 bits per heavy atom. The average molecular weight is 351 g/mol. The van der Waals surface area contributed by atoms with Crippen LogP contribution in [-0.2, 0) is 4.74 Å². The highest BCUT2D eigenvalue weighted by atomic mass is 32.1. The predicted octanol–water partition coefficient (Wildman–Crippen LogP) is 4.48. The van der Waals surface area contributed by atoms with Crippen LogP contribution < -0.4 is 4.90 Å². The van der Waals surface area contributed by atoms with Crippen molar-refractivity contribution in [2.45, 2.75) is 0 Å². The van der Waals surface area contributed by atoms with E-state index in [0.717, 1.165) is 10.4 Å². The zero-order valence-electron chi connectivity index (χ0n) is 13.9. The molecule has 25 heavy (non-hydrogen) atoms. The fourth-order valence-electron chi connectivity index (χ4n) is 2.50. The van der Waals surface area contributed by atoms with E-state index in [-0.39, 0.29) is 5.91 Å². The topological polar surface area (TPSA) is 46.6 Å². The summed E-state index contributed by atoms with van der Waals surface area (Å²) in [5.74, 6) is -0.627. The van der Waals surface area contributed by atoms with E-state index in [1.54, 1.807) is 19.2 Å². The monoisotopic (exact) mass is 351 g/mol. The smallest absolute Gasteiger partial charge is 0.350 e. The Morgan fingerprint density at radius 1 is 0.960 bits per heavy atom. The summed E-state index contributed by atoms with van der Waals surface area (Å²) in [6.45, 7) is 0. The number of carbonyl (C=O) groups is 2. The molecule has 0 atom stereocenters. The molecule has 4 nitrogen and oxygen atoms in total. The van der Waals surface area contributed by atoms with Crippen molar-refractivity contribution in [1.82, 2.24) is 0 Å². The lowest BCUT2D eigenvalue weighted by Crippen LogP contribution is -2.27. The first kappa shape index (κ1) is 16.9. The van der Waals surface area contributed by atoms with E-state index in [2.05, 4.69) is 0 Å². The van der Waals surface area contributed by atoms with Gasteiger partial charge in [0.05, 0.1) is 12.8 Å². The second-order valence-corrected chi connectivity index (χ2v) is 6.47. The number of nitrogens with zero attached hydrogens (tertiary/aromatic N) is 1. The summed E-state index contributed by atoms with van der Waals surface area (Å²) in [5.41, 5.74) is 2.10. The zero-order valence-corrected chi connectivity index (χ0v) is 14.7. The minimum absolute atomic E-state index is 0.178. The maximum absolute atomic E-state index is 12.7. The third kappa shape index (κ3) is 3.46. The molecule has 0 saturated heterocycles. The maximum Gasteiger partial charge on any atom is 0.350 e. The van der Waals surface area contributed by atoms with E-state index in [9.17, 15) is 9.59 Å². The fraction of sp³-hybridized carbons (Fsp3) is 0.100. The first-order chi connectivity index (χ1) is 12.1. The van der Waals surface area contributed by atoms with E-state index >= 15 is 0 Å². The van der Waals surface area contributed by atoms with Crippen molar-refractivity contribution in [3.05, 3.63) is 77.2 Å². The van der Waals surface area contributed by atoms with Gasteiger partial charge in [0.25, 0.3) is 5.91 Å². The number of hydrogen-bond donors (Lipinski definition) is 0. The number of rotatable bonds is 4. The number of methoxy groups -OCH3 is 1. The quantitative estimate of drug-likeness (QED) is 0.651. The van der Waals surface area contributed by atoms with Gasteiger partial charge in [0.2, 0.25) is 0 Å². The number of benzene rings is 2. The van der Waals surface area contributed by atoms with E-state index in [1.807, 2.05) is 54.6 Å². The summed E-state index contributed by atoms with van der Waals surface area (Å²) in [4.78, 5) is 27.7.